The average Bonchev–Trinajstić information content (AvgIpc) is 3.20. The fraction of sp³-hybridized carbons (Fsp3) is 0. The zero-order valence-electron chi connectivity index (χ0n) is 18.0. The smallest absolute Gasteiger partial charge is 0.460 e. The van der Waals surface area contributed by atoms with Crippen LogP contribution in [0.3, 0.4) is 0 Å². The van der Waals surface area contributed by atoms with Gasteiger partial charge in [-0.25, -0.2) is 25.5 Å². The number of fused-ring (bicyclic) bond motifs is 3. The Labute approximate surface area is 214 Å². The van der Waals surface area contributed by atoms with Crippen LogP contribution in [0.5, 0.6) is 11.6 Å². The Bertz CT molecular complexity index is 1670. The van der Waals surface area contributed by atoms with E-state index >= 15 is 0 Å². The molecule has 0 aliphatic heterocycles. The molecule has 0 bridgehead atoms. The summed E-state index contributed by atoms with van der Waals surface area (Å²) in [5, 5.41) is 1.74. The standard InChI is InChI=1S/C28H15F2N3O.Pt/c29-23-13-15-32-28(27(23)30)33-24-9-2-1-8-21(24)22-12-11-19(17-25(22)33)18-6-5-7-20(16-18)34-26-10-3-4-14-31-26;/h1-15H;/q-2;+2. The van der Waals surface area contributed by atoms with Gasteiger partial charge in [0.2, 0.25) is 11.7 Å². The quantitative estimate of drug-likeness (QED) is 0.196. The Morgan fingerprint density at radius 2 is 1.54 bits per heavy atom. The van der Waals surface area contributed by atoms with Crippen molar-refractivity contribution in [1.82, 2.24) is 14.5 Å². The molecule has 3 aromatic carbocycles. The number of hydrogen-bond donors (Lipinski definition) is 0. The molecule has 6 aromatic rings. The predicted molar refractivity (Wildman–Crippen MR) is 126 cm³/mol. The number of benzene rings is 3. The Morgan fingerprint density at radius 1 is 0.714 bits per heavy atom. The fourth-order valence-corrected chi connectivity index (χ4v) is 4.02. The van der Waals surface area contributed by atoms with Gasteiger partial charge in [-0.2, -0.15) is 28.7 Å². The van der Waals surface area contributed by atoms with Crippen molar-refractivity contribution in [3.8, 4) is 28.6 Å². The van der Waals surface area contributed by atoms with E-state index in [0.717, 1.165) is 28.0 Å². The van der Waals surface area contributed by atoms with Gasteiger partial charge in [-0.05, 0) is 29.1 Å². The normalized spacial score (nSPS) is 10.9. The number of nitrogens with zero attached hydrogens (tertiary/aromatic N) is 3. The van der Waals surface area contributed by atoms with Crippen molar-refractivity contribution in [2.75, 3.05) is 0 Å². The van der Waals surface area contributed by atoms with Gasteiger partial charge in [0.1, 0.15) is 0 Å². The summed E-state index contributed by atoms with van der Waals surface area (Å²) in [6, 6.07) is 30.0. The van der Waals surface area contributed by atoms with Gasteiger partial charge in [-0.3, -0.25) is 0 Å². The van der Waals surface area contributed by atoms with Crippen LogP contribution in [0.15, 0.2) is 91.3 Å². The van der Waals surface area contributed by atoms with Crippen molar-refractivity contribution in [2.45, 2.75) is 0 Å². The van der Waals surface area contributed by atoms with Gasteiger partial charge in [0.15, 0.2) is 11.6 Å². The van der Waals surface area contributed by atoms with E-state index in [-0.39, 0.29) is 26.9 Å². The molecule has 0 fully saturated rings. The van der Waals surface area contributed by atoms with E-state index in [9.17, 15) is 8.78 Å². The molecule has 6 rings (SSSR count). The Balaban J connectivity index is 0.00000253. The fourth-order valence-electron chi connectivity index (χ4n) is 4.02. The molecule has 0 saturated heterocycles. The van der Waals surface area contributed by atoms with Gasteiger partial charge in [0.25, 0.3) is 0 Å². The number of rotatable bonds is 4. The van der Waals surface area contributed by atoms with Gasteiger partial charge >= 0.3 is 21.1 Å². The summed E-state index contributed by atoms with van der Waals surface area (Å²) in [4.78, 5) is 8.31. The van der Waals surface area contributed by atoms with Crippen molar-refractivity contribution < 1.29 is 34.6 Å². The van der Waals surface area contributed by atoms with E-state index in [1.165, 1.54) is 6.20 Å². The number of para-hydroxylation sites is 1. The Kier molecular flexibility index (Phi) is 6.14. The summed E-state index contributed by atoms with van der Waals surface area (Å²) in [6.45, 7) is 0. The molecule has 3 aromatic heterocycles. The van der Waals surface area contributed by atoms with Gasteiger partial charge in [0.05, 0.1) is 0 Å². The third kappa shape index (κ3) is 4.11. The molecule has 0 amide bonds. The van der Waals surface area contributed by atoms with E-state index in [4.69, 9.17) is 4.74 Å². The second kappa shape index (κ2) is 9.40. The van der Waals surface area contributed by atoms with Crippen LogP contribution in [0.1, 0.15) is 0 Å². The average molecular weight is 643 g/mol. The first-order valence-electron chi connectivity index (χ1n) is 10.6. The predicted octanol–water partition coefficient (Wildman–Crippen LogP) is 6.91. The maximum atomic E-state index is 14.8. The molecular weight excluding hydrogens is 627 g/mol. The van der Waals surface area contributed by atoms with Gasteiger partial charge in [-0.15, -0.1) is 18.2 Å². The zero-order valence-corrected chi connectivity index (χ0v) is 20.3. The molecule has 0 aliphatic rings. The van der Waals surface area contributed by atoms with E-state index < -0.39 is 11.6 Å². The SMILES string of the molecule is Fc1ccnc(-n2c3[c-]c(-c4[c-]c(Oc5ccccn5)ccc4)ccc3c3ccccc32)c1F.[Pt+2]. The van der Waals surface area contributed by atoms with Crippen molar-refractivity contribution >= 4 is 21.8 Å². The molecule has 172 valence electrons. The Morgan fingerprint density at radius 3 is 2.40 bits per heavy atom. The summed E-state index contributed by atoms with van der Waals surface area (Å²) in [7, 11) is 0. The number of ether oxygens (including phenoxy) is 1. The van der Waals surface area contributed by atoms with Crippen LogP contribution in [0, 0.1) is 23.8 Å². The van der Waals surface area contributed by atoms with Crippen molar-refractivity contribution in [3.63, 3.8) is 0 Å². The first kappa shape index (κ1) is 22.9. The van der Waals surface area contributed by atoms with Crippen LogP contribution in [-0.4, -0.2) is 14.5 Å². The second-order valence-corrected chi connectivity index (χ2v) is 7.62. The minimum atomic E-state index is -1.01. The van der Waals surface area contributed by atoms with Gasteiger partial charge in [-0.1, -0.05) is 29.7 Å². The van der Waals surface area contributed by atoms with Crippen LogP contribution >= 0.6 is 0 Å². The molecular formula is C28H15F2N3OPt. The number of aromatic nitrogens is 3. The molecule has 3 heterocycles. The van der Waals surface area contributed by atoms with E-state index in [1.54, 1.807) is 22.9 Å². The number of hydrogen-bond acceptors (Lipinski definition) is 3. The van der Waals surface area contributed by atoms with E-state index in [2.05, 4.69) is 22.1 Å². The second-order valence-electron chi connectivity index (χ2n) is 7.62. The third-order valence-electron chi connectivity index (χ3n) is 5.53. The molecule has 7 heteroatoms. The monoisotopic (exact) mass is 642 g/mol. The van der Waals surface area contributed by atoms with Crippen LogP contribution in [0.2, 0.25) is 0 Å². The topological polar surface area (TPSA) is 39.9 Å². The molecule has 0 N–H and O–H groups in total. The zero-order chi connectivity index (χ0) is 23.1. The van der Waals surface area contributed by atoms with Crippen molar-refractivity contribution in [2.24, 2.45) is 0 Å². The van der Waals surface area contributed by atoms with Crippen molar-refractivity contribution in [1.29, 1.82) is 0 Å². The summed E-state index contributed by atoms with van der Waals surface area (Å²) < 4.78 is 36.3. The molecule has 0 spiro atoms. The van der Waals surface area contributed by atoms with Crippen LogP contribution in [0.4, 0.5) is 8.78 Å². The molecule has 0 radical (unpaired) electrons. The summed E-state index contributed by atoms with van der Waals surface area (Å²) in [5.74, 6) is -1.12. The van der Waals surface area contributed by atoms with Crippen LogP contribution < -0.4 is 4.74 Å². The number of pyridine rings is 2. The molecule has 35 heavy (non-hydrogen) atoms. The Hall–Kier alpha value is -3.89. The maximum absolute atomic E-state index is 14.8. The first-order chi connectivity index (χ1) is 16.7. The summed E-state index contributed by atoms with van der Waals surface area (Å²) in [6.07, 6.45) is 2.91. The van der Waals surface area contributed by atoms with E-state index in [0.29, 0.717) is 22.7 Å². The largest absolute Gasteiger partial charge is 2.00 e. The van der Waals surface area contributed by atoms with Crippen LogP contribution in [-0.2, 0) is 21.1 Å². The molecule has 0 aliphatic carbocycles. The van der Waals surface area contributed by atoms with Gasteiger partial charge < -0.3 is 9.30 Å². The maximum Gasteiger partial charge on any atom is 2.00 e. The molecule has 0 saturated carbocycles. The number of halogens is 2. The van der Waals surface area contributed by atoms with Crippen molar-refractivity contribution in [3.05, 3.63) is 115 Å². The molecule has 0 atom stereocenters. The van der Waals surface area contributed by atoms with Gasteiger partial charge in [0, 0.05) is 29.7 Å². The minimum absolute atomic E-state index is 0. The third-order valence-corrected chi connectivity index (χ3v) is 5.53. The van der Waals surface area contributed by atoms with Crippen LogP contribution in [0.25, 0.3) is 38.8 Å². The summed E-state index contributed by atoms with van der Waals surface area (Å²) >= 11 is 0. The van der Waals surface area contributed by atoms with E-state index in [1.807, 2.05) is 60.7 Å². The molecule has 0 unspecified atom stereocenters. The molecule has 4 nitrogen and oxygen atoms in total. The minimum Gasteiger partial charge on any atom is -0.460 e. The first-order valence-corrected chi connectivity index (χ1v) is 10.6. The summed E-state index contributed by atoms with van der Waals surface area (Å²) in [5.41, 5.74) is 2.75.